The number of ether oxygens (including phenoxy) is 3. The summed E-state index contributed by atoms with van der Waals surface area (Å²) in [7, 11) is 0. The average Bonchev–Trinajstić information content (AvgIpc) is 3.47. The number of unbranched alkanes of at least 4 members (excludes halogenated alkanes) is 46. The standard InChI is InChI=1S/C76H138O6/c1-4-7-10-13-16-19-22-25-28-31-32-33-34-35-36-37-38-39-40-41-42-43-44-46-48-51-54-57-60-63-66-69-75(78)81-72-73(71-80-74(77)68-65-62-59-56-53-50-47-30-27-24-21-18-15-12-9-6-3)82-76(79)70-67-64-61-58-55-52-49-45-29-26-23-20-17-14-11-8-5-2/h8,11,17,20,26,29-30,47,49,52,73H,4-7,9-10,12-16,18-19,21-25,27-28,31-46,48,50-51,53-72H2,1-3H3/b11-8-,20-17-,29-26-,47-30-,52-49-. The number of carbonyl (C=O) groups excluding carboxylic acids is 3. The summed E-state index contributed by atoms with van der Waals surface area (Å²) in [6, 6.07) is 0. The predicted octanol–water partition coefficient (Wildman–Crippen LogP) is 25.1. The summed E-state index contributed by atoms with van der Waals surface area (Å²) >= 11 is 0. The van der Waals surface area contributed by atoms with Crippen molar-refractivity contribution < 1.29 is 28.6 Å². The molecule has 0 aliphatic carbocycles. The molecule has 0 N–H and O–H groups in total. The molecule has 82 heavy (non-hydrogen) atoms. The minimum Gasteiger partial charge on any atom is -0.462 e. The number of allylic oxidation sites excluding steroid dienone is 10. The van der Waals surface area contributed by atoms with Gasteiger partial charge in [0, 0.05) is 19.3 Å². The van der Waals surface area contributed by atoms with Crippen LogP contribution in [0, 0.1) is 0 Å². The van der Waals surface area contributed by atoms with Crippen molar-refractivity contribution in [2.24, 2.45) is 0 Å². The minimum atomic E-state index is -0.791. The van der Waals surface area contributed by atoms with Gasteiger partial charge in [0.25, 0.3) is 0 Å². The topological polar surface area (TPSA) is 78.9 Å². The van der Waals surface area contributed by atoms with Crippen molar-refractivity contribution in [3.63, 3.8) is 0 Å². The maximum absolute atomic E-state index is 12.9. The van der Waals surface area contributed by atoms with Gasteiger partial charge in [0.15, 0.2) is 6.10 Å². The maximum Gasteiger partial charge on any atom is 0.306 e. The first kappa shape index (κ1) is 79.1. The Kier molecular flexibility index (Phi) is 68.1. The zero-order chi connectivity index (χ0) is 59.2. The molecule has 0 aliphatic heterocycles. The Morgan fingerprint density at radius 3 is 0.756 bits per heavy atom. The normalized spacial score (nSPS) is 12.4. The molecule has 0 radical (unpaired) electrons. The van der Waals surface area contributed by atoms with E-state index in [1.165, 1.54) is 244 Å². The summed E-state index contributed by atoms with van der Waals surface area (Å²) in [5.74, 6) is -0.894. The highest BCUT2D eigenvalue weighted by molar-refractivity contribution is 5.71. The molecule has 0 saturated carbocycles. The van der Waals surface area contributed by atoms with Crippen LogP contribution in [-0.2, 0) is 28.6 Å². The molecule has 478 valence electrons. The third kappa shape index (κ3) is 67.9. The molecule has 0 spiro atoms. The summed E-state index contributed by atoms with van der Waals surface area (Å²) in [5.41, 5.74) is 0. The predicted molar refractivity (Wildman–Crippen MR) is 358 cm³/mol. The van der Waals surface area contributed by atoms with Crippen LogP contribution in [0.4, 0.5) is 0 Å². The van der Waals surface area contributed by atoms with Gasteiger partial charge in [-0.1, -0.05) is 345 Å². The van der Waals surface area contributed by atoms with Crippen LogP contribution in [0.15, 0.2) is 60.8 Å². The van der Waals surface area contributed by atoms with E-state index in [1.54, 1.807) is 0 Å². The second-order valence-corrected chi connectivity index (χ2v) is 24.5. The Bertz CT molecular complexity index is 1460. The SMILES string of the molecule is CC/C=C\C/C=C\C/C=C\C/C=C\CCCCCCC(=O)OC(COC(=O)CCCCCCC/C=C\CCCCCCCCC)COC(=O)CCCCCCCCCCCCCCCCCCCCCCCCCCCCCCCCC. The van der Waals surface area contributed by atoms with Crippen LogP contribution in [0.1, 0.15) is 387 Å². The molecule has 0 saturated heterocycles. The van der Waals surface area contributed by atoms with Crippen LogP contribution in [-0.4, -0.2) is 37.2 Å². The van der Waals surface area contributed by atoms with Gasteiger partial charge in [-0.25, -0.2) is 0 Å². The molecule has 1 unspecified atom stereocenters. The summed E-state index contributed by atoms with van der Waals surface area (Å²) in [4.78, 5) is 38.4. The first-order valence-corrected chi connectivity index (χ1v) is 36.3. The quantitative estimate of drug-likeness (QED) is 0.0261. The Morgan fingerprint density at radius 2 is 0.476 bits per heavy atom. The fourth-order valence-corrected chi connectivity index (χ4v) is 10.8. The molecule has 0 aliphatic rings. The van der Waals surface area contributed by atoms with E-state index in [1.807, 2.05) is 0 Å². The average molecular weight is 1150 g/mol. The zero-order valence-corrected chi connectivity index (χ0v) is 55.0. The highest BCUT2D eigenvalue weighted by Crippen LogP contribution is 2.19. The van der Waals surface area contributed by atoms with E-state index in [9.17, 15) is 14.4 Å². The largest absolute Gasteiger partial charge is 0.462 e. The number of rotatable bonds is 67. The molecule has 0 fully saturated rings. The molecular formula is C76H138O6. The van der Waals surface area contributed by atoms with Crippen molar-refractivity contribution in [2.45, 2.75) is 393 Å². The number of carbonyl (C=O) groups is 3. The third-order valence-electron chi connectivity index (χ3n) is 16.3. The van der Waals surface area contributed by atoms with Crippen LogP contribution >= 0.6 is 0 Å². The van der Waals surface area contributed by atoms with Gasteiger partial charge >= 0.3 is 17.9 Å². The molecule has 0 heterocycles. The molecule has 6 nitrogen and oxygen atoms in total. The lowest BCUT2D eigenvalue weighted by molar-refractivity contribution is -0.167. The van der Waals surface area contributed by atoms with E-state index in [-0.39, 0.29) is 31.1 Å². The van der Waals surface area contributed by atoms with Gasteiger partial charge in [0.2, 0.25) is 0 Å². The first-order chi connectivity index (χ1) is 40.5. The second kappa shape index (κ2) is 70.6. The Morgan fingerprint density at radius 1 is 0.256 bits per heavy atom. The van der Waals surface area contributed by atoms with Crippen LogP contribution in [0.2, 0.25) is 0 Å². The third-order valence-corrected chi connectivity index (χ3v) is 16.3. The molecule has 0 aromatic rings. The smallest absolute Gasteiger partial charge is 0.306 e. The van der Waals surface area contributed by atoms with Gasteiger partial charge in [-0.05, 0) is 83.5 Å². The molecule has 1 atom stereocenters. The molecule has 0 aromatic carbocycles. The van der Waals surface area contributed by atoms with E-state index in [2.05, 4.69) is 81.5 Å². The molecule has 0 amide bonds. The van der Waals surface area contributed by atoms with Crippen molar-refractivity contribution >= 4 is 17.9 Å². The lowest BCUT2D eigenvalue weighted by Gasteiger charge is -2.18. The fraction of sp³-hybridized carbons (Fsp3) is 0.829. The molecule has 0 bridgehead atoms. The molecule has 0 rings (SSSR count). The van der Waals surface area contributed by atoms with E-state index in [4.69, 9.17) is 14.2 Å². The lowest BCUT2D eigenvalue weighted by Crippen LogP contribution is -2.30. The van der Waals surface area contributed by atoms with Crippen molar-refractivity contribution in [3.8, 4) is 0 Å². The van der Waals surface area contributed by atoms with Crippen molar-refractivity contribution in [2.75, 3.05) is 13.2 Å². The van der Waals surface area contributed by atoms with Crippen molar-refractivity contribution in [1.82, 2.24) is 0 Å². The monoisotopic (exact) mass is 1150 g/mol. The Balaban J connectivity index is 4.20. The van der Waals surface area contributed by atoms with E-state index < -0.39 is 6.10 Å². The van der Waals surface area contributed by atoms with Crippen LogP contribution in [0.3, 0.4) is 0 Å². The maximum atomic E-state index is 12.9. The number of hydrogen-bond acceptors (Lipinski definition) is 6. The van der Waals surface area contributed by atoms with Crippen molar-refractivity contribution in [1.29, 1.82) is 0 Å². The van der Waals surface area contributed by atoms with E-state index in [0.29, 0.717) is 19.3 Å². The number of hydrogen-bond donors (Lipinski definition) is 0. The van der Waals surface area contributed by atoms with Gasteiger partial charge in [-0.2, -0.15) is 0 Å². The molecular weight excluding hydrogens is 1010 g/mol. The van der Waals surface area contributed by atoms with Gasteiger partial charge in [0.05, 0.1) is 0 Å². The summed E-state index contributed by atoms with van der Waals surface area (Å²) in [6.07, 6.45) is 91.3. The van der Waals surface area contributed by atoms with Gasteiger partial charge in [-0.3, -0.25) is 14.4 Å². The Hall–Kier alpha value is -2.89. The van der Waals surface area contributed by atoms with Crippen molar-refractivity contribution in [3.05, 3.63) is 60.8 Å². The fourth-order valence-electron chi connectivity index (χ4n) is 10.8. The minimum absolute atomic E-state index is 0.0835. The summed E-state index contributed by atoms with van der Waals surface area (Å²) < 4.78 is 17.0. The first-order valence-electron chi connectivity index (χ1n) is 36.3. The molecule has 0 aromatic heterocycles. The van der Waals surface area contributed by atoms with E-state index >= 15 is 0 Å². The summed E-state index contributed by atoms with van der Waals surface area (Å²) in [5, 5.41) is 0. The second-order valence-electron chi connectivity index (χ2n) is 24.5. The lowest BCUT2D eigenvalue weighted by atomic mass is 10.0. The van der Waals surface area contributed by atoms with E-state index in [0.717, 1.165) is 103 Å². The zero-order valence-electron chi connectivity index (χ0n) is 55.0. The summed E-state index contributed by atoms with van der Waals surface area (Å²) in [6.45, 7) is 6.56. The van der Waals surface area contributed by atoms with Crippen LogP contribution in [0.25, 0.3) is 0 Å². The highest BCUT2D eigenvalue weighted by Gasteiger charge is 2.19. The Labute approximate surface area is 510 Å². The number of esters is 3. The van der Waals surface area contributed by atoms with Gasteiger partial charge in [-0.15, -0.1) is 0 Å². The highest BCUT2D eigenvalue weighted by atomic mass is 16.6. The molecule has 6 heteroatoms. The van der Waals surface area contributed by atoms with Gasteiger partial charge in [0.1, 0.15) is 13.2 Å². The van der Waals surface area contributed by atoms with Crippen LogP contribution in [0.5, 0.6) is 0 Å². The van der Waals surface area contributed by atoms with Gasteiger partial charge < -0.3 is 14.2 Å². The van der Waals surface area contributed by atoms with Crippen LogP contribution < -0.4 is 0 Å².